The quantitative estimate of drug-likeness (QED) is 0.490. The molecule has 4 N–H and O–H groups in total. The number of hydrogen-bond donors (Lipinski definition) is 4. The van der Waals surface area contributed by atoms with Gasteiger partial charge in [0, 0.05) is 12.8 Å². The van der Waals surface area contributed by atoms with Crippen LogP contribution in [0.2, 0.25) is 0 Å². The molecule has 1 fully saturated rings. The first-order valence-corrected chi connectivity index (χ1v) is 9.73. The van der Waals surface area contributed by atoms with E-state index in [0.29, 0.717) is 6.42 Å². The Hall–Kier alpha value is -3.75. The van der Waals surface area contributed by atoms with Crippen molar-refractivity contribution in [3.63, 3.8) is 0 Å². The third-order valence-electron chi connectivity index (χ3n) is 4.95. The molecule has 0 aromatic heterocycles. The molecule has 0 aliphatic carbocycles. The Bertz CT molecular complexity index is 982. The van der Waals surface area contributed by atoms with Crippen LogP contribution < -0.4 is 16.0 Å². The number of carbonyl (C=O) groups is 4. The fourth-order valence-corrected chi connectivity index (χ4v) is 3.34. The topological polar surface area (TPSA) is 125 Å². The molecule has 0 spiro atoms. The fourth-order valence-electron chi connectivity index (χ4n) is 3.34. The van der Waals surface area contributed by atoms with Crippen molar-refractivity contribution in [1.82, 2.24) is 16.0 Å². The van der Waals surface area contributed by atoms with Crippen LogP contribution in [-0.4, -0.2) is 46.9 Å². The van der Waals surface area contributed by atoms with E-state index in [1.807, 2.05) is 30.3 Å². The van der Waals surface area contributed by atoms with Gasteiger partial charge in [-0.2, -0.15) is 0 Å². The number of carboxylic acid groups (broad SMARTS) is 1. The average molecular weight is 427 g/mol. The second-order valence-electron chi connectivity index (χ2n) is 7.27. The number of piperazine rings is 1. The third-order valence-corrected chi connectivity index (χ3v) is 4.95. The molecule has 3 atom stereocenters. The summed E-state index contributed by atoms with van der Waals surface area (Å²) in [6, 6.07) is 11.6. The van der Waals surface area contributed by atoms with Crippen LogP contribution in [0.3, 0.4) is 0 Å². The Balaban J connectivity index is 1.57. The highest BCUT2D eigenvalue weighted by Crippen LogP contribution is 2.11. The lowest BCUT2D eigenvalue weighted by Gasteiger charge is -2.29. The van der Waals surface area contributed by atoms with Gasteiger partial charge in [-0.1, -0.05) is 48.5 Å². The summed E-state index contributed by atoms with van der Waals surface area (Å²) in [6.45, 7) is 0. The van der Waals surface area contributed by atoms with E-state index in [-0.39, 0.29) is 12.0 Å². The molecule has 3 amide bonds. The van der Waals surface area contributed by atoms with Crippen LogP contribution in [-0.2, 0) is 32.0 Å². The number of benzene rings is 2. The van der Waals surface area contributed by atoms with Crippen LogP contribution in [0.4, 0.5) is 4.39 Å². The lowest BCUT2D eigenvalue weighted by Crippen LogP contribution is -2.63. The van der Waals surface area contributed by atoms with E-state index in [2.05, 4.69) is 16.0 Å². The van der Waals surface area contributed by atoms with Crippen molar-refractivity contribution in [2.75, 3.05) is 0 Å². The summed E-state index contributed by atoms with van der Waals surface area (Å²) in [7, 11) is 0. The second-order valence-corrected chi connectivity index (χ2v) is 7.27. The van der Waals surface area contributed by atoms with Gasteiger partial charge in [0.25, 0.3) is 0 Å². The van der Waals surface area contributed by atoms with Crippen molar-refractivity contribution in [3.05, 3.63) is 71.5 Å². The largest absolute Gasteiger partial charge is 0.480 e. The van der Waals surface area contributed by atoms with Gasteiger partial charge in [0.2, 0.25) is 17.7 Å². The first kappa shape index (κ1) is 21.9. The van der Waals surface area contributed by atoms with Crippen LogP contribution in [0.25, 0.3) is 0 Å². The molecular weight excluding hydrogens is 405 g/mol. The van der Waals surface area contributed by atoms with E-state index < -0.39 is 54.1 Å². The monoisotopic (exact) mass is 427 g/mol. The molecule has 3 rings (SSSR count). The first-order valence-electron chi connectivity index (χ1n) is 9.73. The maximum absolute atomic E-state index is 13.8. The van der Waals surface area contributed by atoms with Crippen molar-refractivity contribution in [2.45, 2.75) is 37.4 Å². The van der Waals surface area contributed by atoms with Crippen LogP contribution in [0.15, 0.2) is 54.6 Å². The number of aliphatic carboxylic acids is 1. The minimum atomic E-state index is -1.38. The van der Waals surface area contributed by atoms with Gasteiger partial charge in [0.05, 0.1) is 6.42 Å². The van der Waals surface area contributed by atoms with E-state index in [9.17, 15) is 28.7 Å². The number of hydrogen-bond acceptors (Lipinski definition) is 4. The zero-order valence-electron chi connectivity index (χ0n) is 16.5. The standard InChI is InChI=1S/C22H22FN3O5/c23-15-9-5-4-8-14(15)11-18(22(30)31)24-19(27)12-17-21(29)25-16(20(28)26-17)10-13-6-2-1-3-7-13/h1-9,16-18H,10-12H2,(H,24,27)(H,25,29)(H,26,28)(H,30,31)/t16-,17-,18-/m0/s1. The predicted molar refractivity (Wildman–Crippen MR) is 108 cm³/mol. The van der Waals surface area contributed by atoms with Gasteiger partial charge in [-0.3, -0.25) is 14.4 Å². The predicted octanol–water partition coefficient (Wildman–Crippen LogP) is 0.554. The summed E-state index contributed by atoms with van der Waals surface area (Å²) in [4.78, 5) is 48.5. The molecule has 8 nitrogen and oxygen atoms in total. The third kappa shape index (κ3) is 5.88. The Morgan fingerprint density at radius 1 is 0.968 bits per heavy atom. The molecule has 2 aromatic rings. The highest BCUT2D eigenvalue weighted by molar-refractivity contribution is 5.99. The summed E-state index contributed by atoms with van der Waals surface area (Å²) in [5.74, 6) is -3.62. The lowest BCUT2D eigenvalue weighted by molar-refractivity contribution is -0.142. The molecule has 31 heavy (non-hydrogen) atoms. The summed E-state index contributed by atoms with van der Waals surface area (Å²) < 4.78 is 13.8. The van der Waals surface area contributed by atoms with Crippen molar-refractivity contribution < 1.29 is 28.7 Å². The Morgan fingerprint density at radius 2 is 1.58 bits per heavy atom. The normalized spacial score (nSPS) is 19.1. The molecule has 1 heterocycles. The number of amides is 3. The molecule has 1 aliphatic rings. The molecule has 9 heteroatoms. The minimum Gasteiger partial charge on any atom is -0.480 e. The zero-order chi connectivity index (χ0) is 22.4. The summed E-state index contributed by atoms with van der Waals surface area (Å²) in [5, 5.41) is 16.8. The number of nitrogens with one attached hydrogen (secondary N) is 3. The molecule has 0 bridgehead atoms. The number of carboxylic acids is 1. The van der Waals surface area contributed by atoms with Crippen LogP contribution in [0.5, 0.6) is 0 Å². The van der Waals surface area contributed by atoms with E-state index >= 15 is 0 Å². The smallest absolute Gasteiger partial charge is 0.326 e. The van der Waals surface area contributed by atoms with Gasteiger partial charge in [0.15, 0.2) is 0 Å². The fraction of sp³-hybridized carbons (Fsp3) is 0.273. The van der Waals surface area contributed by atoms with Gasteiger partial charge >= 0.3 is 5.97 Å². The van der Waals surface area contributed by atoms with Gasteiger partial charge in [-0.15, -0.1) is 0 Å². The molecule has 1 aliphatic heterocycles. The molecular formula is C22H22FN3O5. The lowest BCUT2D eigenvalue weighted by atomic mass is 10.0. The molecule has 162 valence electrons. The van der Waals surface area contributed by atoms with Gasteiger partial charge in [-0.05, 0) is 17.2 Å². The molecule has 2 aromatic carbocycles. The number of halogens is 1. The van der Waals surface area contributed by atoms with Gasteiger partial charge in [-0.25, -0.2) is 9.18 Å². The molecule has 0 radical (unpaired) electrons. The van der Waals surface area contributed by atoms with E-state index in [1.54, 1.807) is 6.07 Å². The second kappa shape index (κ2) is 9.84. The Morgan fingerprint density at radius 3 is 2.26 bits per heavy atom. The summed E-state index contributed by atoms with van der Waals surface area (Å²) in [6.07, 6.45) is -0.381. The highest BCUT2D eigenvalue weighted by atomic mass is 19.1. The Kier molecular flexibility index (Phi) is 6.96. The van der Waals surface area contributed by atoms with Gasteiger partial charge < -0.3 is 21.1 Å². The summed E-state index contributed by atoms with van der Waals surface area (Å²) in [5.41, 5.74) is 1.01. The van der Waals surface area contributed by atoms with E-state index in [1.165, 1.54) is 18.2 Å². The molecule has 0 saturated carbocycles. The van der Waals surface area contributed by atoms with Crippen LogP contribution >= 0.6 is 0 Å². The number of rotatable bonds is 8. The first-order chi connectivity index (χ1) is 14.8. The van der Waals surface area contributed by atoms with Crippen molar-refractivity contribution in [2.24, 2.45) is 0 Å². The van der Waals surface area contributed by atoms with E-state index in [0.717, 1.165) is 5.56 Å². The van der Waals surface area contributed by atoms with Crippen LogP contribution in [0, 0.1) is 5.82 Å². The van der Waals surface area contributed by atoms with Crippen molar-refractivity contribution in [3.8, 4) is 0 Å². The molecule has 1 saturated heterocycles. The Labute approximate surface area is 177 Å². The minimum absolute atomic E-state index is 0.141. The van der Waals surface area contributed by atoms with Crippen LogP contribution in [0.1, 0.15) is 17.5 Å². The summed E-state index contributed by atoms with van der Waals surface area (Å²) >= 11 is 0. The van der Waals surface area contributed by atoms with Gasteiger partial charge in [0.1, 0.15) is 23.9 Å². The van der Waals surface area contributed by atoms with Crippen molar-refractivity contribution in [1.29, 1.82) is 0 Å². The number of carbonyl (C=O) groups excluding carboxylic acids is 3. The van der Waals surface area contributed by atoms with E-state index in [4.69, 9.17) is 0 Å². The highest BCUT2D eigenvalue weighted by Gasteiger charge is 2.35. The average Bonchev–Trinajstić information content (AvgIpc) is 2.73. The maximum atomic E-state index is 13.8. The maximum Gasteiger partial charge on any atom is 0.326 e. The molecule has 0 unspecified atom stereocenters. The van der Waals surface area contributed by atoms with Crippen molar-refractivity contribution >= 4 is 23.7 Å². The zero-order valence-corrected chi connectivity index (χ0v) is 16.5. The SMILES string of the molecule is O=C(C[C@@H]1NC(=O)[C@H](Cc2ccccc2)NC1=O)N[C@@H](Cc1ccccc1F)C(=O)O.